The summed E-state index contributed by atoms with van der Waals surface area (Å²) in [4.78, 5) is 13.6. The molecule has 0 aliphatic rings. The standard InChI is InChI=1S/C34H29N5O2/c35-27-12-14-28(15-13-27)38-34(40)32-18-24-10-11-25(33(36)37)19-31(24)39(32)20-26-17-29(16-23-8-4-5-9-30(23)26)41-21-22-6-2-1-3-7-22/h1-19H,20-21,35H2,(H3,36,37)(H,38,40). The van der Waals surface area contributed by atoms with Crippen molar-refractivity contribution in [3.63, 3.8) is 0 Å². The minimum atomic E-state index is -0.254. The molecule has 0 saturated carbocycles. The zero-order valence-corrected chi connectivity index (χ0v) is 22.3. The van der Waals surface area contributed by atoms with E-state index in [0.717, 1.165) is 38.6 Å². The largest absolute Gasteiger partial charge is 0.489 e. The third-order valence-corrected chi connectivity index (χ3v) is 7.11. The van der Waals surface area contributed by atoms with Gasteiger partial charge in [-0.1, -0.05) is 66.7 Å². The number of amidine groups is 1. The van der Waals surface area contributed by atoms with Crippen molar-refractivity contribution in [2.24, 2.45) is 5.73 Å². The van der Waals surface area contributed by atoms with Crippen molar-refractivity contribution in [1.82, 2.24) is 4.57 Å². The van der Waals surface area contributed by atoms with Crippen LogP contribution in [0.15, 0.2) is 115 Å². The summed E-state index contributed by atoms with van der Waals surface area (Å²) in [5.41, 5.74) is 16.9. The first-order valence-corrected chi connectivity index (χ1v) is 13.3. The van der Waals surface area contributed by atoms with Crippen molar-refractivity contribution in [2.45, 2.75) is 13.2 Å². The average Bonchev–Trinajstić information content (AvgIpc) is 3.35. The van der Waals surface area contributed by atoms with Crippen LogP contribution in [0.3, 0.4) is 0 Å². The van der Waals surface area contributed by atoms with Crippen LogP contribution in [0.2, 0.25) is 0 Å². The molecule has 6 aromatic rings. The summed E-state index contributed by atoms with van der Waals surface area (Å²) in [5, 5.41) is 13.9. The molecular weight excluding hydrogens is 510 g/mol. The van der Waals surface area contributed by atoms with Gasteiger partial charge in [0, 0.05) is 34.4 Å². The van der Waals surface area contributed by atoms with Gasteiger partial charge in [-0.2, -0.15) is 0 Å². The molecule has 0 bridgehead atoms. The first-order valence-electron chi connectivity index (χ1n) is 13.3. The minimum Gasteiger partial charge on any atom is -0.489 e. The van der Waals surface area contributed by atoms with Crippen LogP contribution >= 0.6 is 0 Å². The SMILES string of the molecule is N=C(N)c1ccc2cc(C(=O)Nc3ccc(N)cc3)n(Cc3cc(OCc4ccccc4)cc4ccccc34)c2c1. The van der Waals surface area contributed by atoms with Gasteiger partial charge in [-0.05, 0) is 70.4 Å². The normalized spacial score (nSPS) is 11.0. The number of fused-ring (bicyclic) bond motifs is 2. The number of nitrogen functional groups attached to an aromatic ring is 2. The minimum absolute atomic E-state index is 0.0331. The summed E-state index contributed by atoms with van der Waals surface area (Å²) >= 11 is 0. The van der Waals surface area contributed by atoms with Crippen molar-refractivity contribution in [3.05, 3.63) is 138 Å². The molecule has 0 unspecified atom stereocenters. The Kier molecular flexibility index (Phi) is 6.83. The van der Waals surface area contributed by atoms with Crippen LogP contribution in [-0.4, -0.2) is 16.3 Å². The molecule has 0 saturated heterocycles. The molecule has 0 aliphatic heterocycles. The molecule has 202 valence electrons. The highest BCUT2D eigenvalue weighted by Crippen LogP contribution is 2.30. The van der Waals surface area contributed by atoms with Gasteiger partial charge in [0.25, 0.3) is 5.91 Å². The second-order valence-corrected chi connectivity index (χ2v) is 9.96. The van der Waals surface area contributed by atoms with Crippen LogP contribution in [-0.2, 0) is 13.2 Å². The highest BCUT2D eigenvalue weighted by atomic mass is 16.5. The highest BCUT2D eigenvalue weighted by molar-refractivity contribution is 6.07. The quantitative estimate of drug-likeness (QED) is 0.0997. The molecule has 0 fully saturated rings. The van der Waals surface area contributed by atoms with Gasteiger partial charge in [0.2, 0.25) is 0 Å². The van der Waals surface area contributed by atoms with Crippen LogP contribution in [0, 0.1) is 5.41 Å². The molecule has 0 atom stereocenters. The molecule has 1 aromatic heterocycles. The Balaban J connectivity index is 1.43. The maximum atomic E-state index is 13.6. The third-order valence-electron chi connectivity index (χ3n) is 7.11. The van der Waals surface area contributed by atoms with Gasteiger partial charge in [0.1, 0.15) is 23.9 Å². The zero-order chi connectivity index (χ0) is 28.3. The molecule has 0 spiro atoms. The number of carbonyl (C=O) groups excluding carboxylic acids is 1. The van der Waals surface area contributed by atoms with Gasteiger partial charge in [-0.25, -0.2) is 0 Å². The fourth-order valence-corrected chi connectivity index (χ4v) is 5.03. The van der Waals surface area contributed by atoms with Crippen LogP contribution in [0.5, 0.6) is 5.75 Å². The van der Waals surface area contributed by atoms with Crippen LogP contribution in [0.4, 0.5) is 11.4 Å². The van der Waals surface area contributed by atoms with E-state index in [2.05, 4.69) is 17.4 Å². The van der Waals surface area contributed by atoms with Gasteiger partial charge < -0.3 is 26.1 Å². The number of nitrogens with zero attached hydrogens (tertiary/aromatic N) is 1. The van der Waals surface area contributed by atoms with E-state index in [1.165, 1.54) is 0 Å². The Hall–Kier alpha value is -5.56. The van der Waals surface area contributed by atoms with Crippen LogP contribution in [0.1, 0.15) is 27.2 Å². The van der Waals surface area contributed by atoms with E-state index in [1.54, 1.807) is 30.3 Å². The van der Waals surface area contributed by atoms with E-state index in [0.29, 0.717) is 35.8 Å². The lowest BCUT2D eigenvalue weighted by Gasteiger charge is -2.16. The molecule has 7 heteroatoms. The Morgan fingerprint density at radius 1 is 0.829 bits per heavy atom. The highest BCUT2D eigenvalue weighted by Gasteiger charge is 2.18. The Labute approximate surface area is 237 Å². The molecule has 6 N–H and O–H groups in total. The van der Waals surface area contributed by atoms with Gasteiger partial charge in [-0.15, -0.1) is 0 Å². The number of benzene rings is 5. The lowest BCUT2D eigenvalue weighted by molar-refractivity contribution is 0.101. The summed E-state index contributed by atoms with van der Waals surface area (Å²) < 4.78 is 8.19. The molecule has 0 radical (unpaired) electrons. The van der Waals surface area contributed by atoms with Crippen molar-refractivity contribution in [2.75, 3.05) is 11.1 Å². The maximum Gasteiger partial charge on any atom is 0.272 e. The lowest BCUT2D eigenvalue weighted by atomic mass is 10.0. The summed E-state index contributed by atoms with van der Waals surface area (Å²) in [5.74, 6) is 0.460. The van der Waals surface area contributed by atoms with Gasteiger partial charge in [-0.3, -0.25) is 10.2 Å². The second kappa shape index (κ2) is 10.9. The molecule has 1 amide bonds. The Morgan fingerprint density at radius 3 is 2.37 bits per heavy atom. The number of nitrogens with one attached hydrogen (secondary N) is 2. The number of hydrogen-bond donors (Lipinski definition) is 4. The number of nitrogens with two attached hydrogens (primary N) is 2. The Morgan fingerprint density at radius 2 is 1.59 bits per heavy atom. The smallest absolute Gasteiger partial charge is 0.272 e. The fourth-order valence-electron chi connectivity index (χ4n) is 5.03. The second-order valence-electron chi connectivity index (χ2n) is 9.96. The molecule has 0 aliphatic carbocycles. The number of anilines is 2. The number of aromatic nitrogens is 1. The van der Waals surface area contributed by atoms with E-state index >= 15 is 0 Å². The third kappa shape index (κ3) is 5.46. The first-order chi connectivity index (χ1) is 19.9. The number of ether oxygens (including phenoxy) is 1. The average molecular weight is 540 g/mol. The van der Waals surface area contributed by atoms with E-state index < -0.39 is 0 Å². The summed E-state index contributed by atoms with van der Waals surface area (Å²) in [7, 11) is 0. The van der Waals surface area contributed by atoms with E-state index in [4.69, 9.17) is 21.6 Å². The van der Waals surface area contributed by atoms with E-state index in [1.807, 2.05) is 77.4 Å². The molecule has 5 aromatic carbocycles. The number of amides is 1. The summed E-state index contributed by atoms with van der Waals surface area (Å²) in [6.07, 6.45) is 0. The van der Waals surface area contributed by atoms with Crippen molar-refractivity contribution in [3.8, 4) is 5.75 Å². The van der Waals surface area contributed by atoms with Gasteiger partial charge in [0.15, 0.2) is 0 Å². The van der Waals surface area contributed by atoms with Crippen LogP contribution < -0.4 is 21.5 Å². The molecular formula is C34H29N5O2. The molecule has 1 heterocycles. The van der Waals surface area contributed by atoms with E-state index in [-0.39, 0.29) is 11.7 Å². The maximum absolute atomic E-state index is 13.6. The topological polar surface area (TPSA) is 119 Å². The zero-order valence-electron chi connectivity index (χ0n) is 22.3. The first kappa shape index (κ1) is 25.7. The monoisotopic (exact) mass is 539 g/mol. The molecule has 6 rings (SSSR count). The summed E-state index contributed by atoms with van der Waals surface area (Å²) in [6.45, 7) is 0.848. The fraction of sp³-hybridized carbons (Fsp3) is 0.0588. The number of hydrogen-bond acceptors (Lipinski definition) is 4. The Bertz CT molecular complexity index is 1890. The van der Waals surface area contributed by atoms with Crippen LogP contribution in [0.25, 0.3) is 21.7 Å². The predicted octanol–water partition coefficient (Wildman–Crippen LogP) is 6.54. The lowest BCUT2D eigenvalue weighted by Crippen LogP contribution is -2.18. The predicted molar refractivity (Wildman–Crippen MR) is 166 cm³/mol. The molecule has 7 nitrogen and oxygen atoms in total. The molecule has 41 heavy (non-hydrogen) atoms. The van der Waals surface area contributed by atoms with Gasteiger partial charge in [0.05, 0.1) is 0 Å². The number of rotatable bonds is 8. The van der Waals surface area contributed by atoms with Crippen molar-refractivity contribution < 1.29 is 9.53 Å². The number of carbonyl (C=O) groups is 1. The van der Waals surface area contributed by atoms with Gasteiger partial charge >= 0.3 is 0 Å². The van der Waals surface area contributed by atoms with Crippen molar-refractivity contribution >= 4 is 44.8 Å². The van der Waals surface area contributed by atoms with E-state index in [9.17, 15) is 4.79 Å². The van der Waals surface area contributed by atoms with Crippen molar-refractivity contribution in [1.29, 1.82) is 5.41 Å². The summed E-state index contributed by atoms with van der Waals surface area (Å²) in [6, 6.07) is 36.7.